The van der Waals surface area contributed by atoms with Crippen molar-refractivity contribution in [3.8, 4) is 5.75 Å². The van der Waals surface area contributed by atoms with Crippen LogP contribution in [0.1, 0.15) is 20.3 Å². The van der Waals surface area contributed by atoms with Crippen LogP contribution in [0, 0.1) is 5.92 Å². The Morgan fingerprint density at radius 2 is 2.05 bits per heavy atom. The van der Waals surface area contributed by atoms with E-state index in [0.717, 1.165) is 5.69 Å². The molecule has 0 saturated heterocycles. The van der Waals surface area contributed by atoms with Gasteiger partial charge in [-0.15, -0.1) is 0 Å². The molecular formula is C15H24N2O3. The van der Waals surface area contributed by atoms with Crippen LogP contribution in [0.4, 0.5) is 5.69 Å². The molecule has 0 saturated carbocycles. The molecule has 1 aromatic rings. The molecule has 0 aromatic heterocycles. The Morgan fingerprint density at radius 3 is 2.65 bits per heavy atom. The quantitative estimate of drug-likeness (QED) is 0.677. The van der Waals surface area contributed by atoms with Crippen LogP contribution in [0.15, 0.2) is 24.3 Å². The van der Waals surface area contributed by atoms with Gasteiger partial charge in [-0.1, -0.05) is 26.0 Å². The van der Waals surface area contributed by atoms with Gasteiger partial charge in [-0.2, -0.15) is 0 Å². The molecule has 1 amide bonds. The summed E-state index contributed by atoms with van der Waals surface area (Å²) in [5.41, 5.74) is 0.786. The summed E-state index contributed by atoms with van der Waals surface area (Å²) in [6.45, 7) is 4.29. The van der Waals surface area contributed by atoms with Gasteiger partial charge in [0.15, 0.2) is 0 Å². The first-order valence-electron chi connectivity index (χ1n) is 6.85. The fourth-order valence-corrected chi connectivity index (χ4v) is 1.94. The summed E-state index contributed by atoms with van der Waals surface area (Å²) in [6, 6.07) is 7.45. The van der Waals surface area contributed by atoms with Gasteiger partial charge in [0.25, 0.3) is 0 Å². The number of carbonyl (C=O) groups is 1. The Bertz CT molecular complexity index is 421. The number of carbonyl (C=O) groups excluding carboxylic acids is 1. The minimum Gasteiger partial charge on any atom is -0.495 e. The van der Waals surface area contributed by atoms with Crippen LogP contribution in [-0.2, 0) is 4.79 Å². The van der Waals surface area contributed by atoms with Crippen LogP contribution in [-0.4, -0.2) is 37.3 Å². The number of hydrogen-bond acceptors (Lipinski definition) is 4. The summed E-state index contributed by atoms with van der Waals surface area (Å²) < 4.78 is 5.21. The molecule has 1 aromatic carbocycles. The normalized spacial score (nSPS) is 12.1. The molecular weight excluding hydrogens is 256 g/mol. The van der Waals surface area contributed by atoms with Gasteiger partial charge in [-0.25, -0.2) is 0 Å². The van der Waals surface area contributed by atoms with Crippen LogP contribution < -0.4 is 15.4 Å². The van der Waals surface area contributed by atoms with Gasteiger partial charge >= 0.3 is 0 Å². The van der Waals surface area contributed by atoms with Gasteiger partial charge in [0, 0.05) is 12.6 Å². The molecule has 0 heterocycles. The SMILES string of the molecule is COc1ccccc1NCC(=O)NC(CCO)C(C)C. The largest absolute Gasteiger partial charge is 0.495 e. The molecule has 5 nitrogen and oxygen atoms in total. The van der Waals surface area contributed by atoms with E-state index in [1.54, 1.807) is 7.11 Å². The lowest BCUT2D eigenvalue weighted by atomic mass is 10.0. The highest BCUT2D eigenvalue weighted by Gasteiger charge is 2.15. The van der Waals surface area contributed by atoms with E-state index in [9.17, 15) is 4.79 Å². The molecule has 1 unspecified atom stereocenters. The number of aliphatic hydroxyl groups excluding tert-OH is 1. The van der Waals surface area contributed by atoms with Crippen LogP contribution in [0.3, 0.4) is 0 Å². The van der Waals surface area contributed by atoms with Crippen molar-refractivity contribution in [2.75, 3.05) is 25.6 Å². The number of amides is 1. The maximum absolute atomic E-state index is 11.9. The highest BCUT2D eigenvalue weighted by Crippen LogP contribution is 2.22. The molecule has 0 aliphatic carbocycles. The predicted molar refractivity (Wildman–Crippen MR) is 80.0 cm³/mol. The minimum absolute atomic E-state index is 0.00744. The first kappa shape index (κ1) is 16.3. The van der Waals surface area contributed by atoms with Crippen LogP contribution in [0.2, 0.25) is 0 Å². The number of anilines is 1. The van der Waals surface area contributed by atoms with Crippen molar-refractivity contribution < 1.29 is 14.6 Å². The average molecular weight is 280 g/mol. The second-order valence-electron chi connectivity index (χ2n) is 4.98. The highest BCUT2D eigenvalue weighted by atomic mass is 16.5. The summed E-state index contributed by atoms with van der Waals surface area (Å²) in [5.74, 6) is 0.900. The summed E-state index contributed by atoms with van der Waals surface area (Å²) in [7, 11) is 1.59. The molecule has 1 rings (SSSR count). The van der Waals surface area contributed by atoms with Crippen LogP contribution in [0.25, 0.3) is 0 Å². The minimum atomic E-state index is -0.0944. The molecule has 0 fully saturated rings. The topological polar surface area (TPSA) is 70.6 Å². The molecule has 1 atom stereocenters. The molecule has 0 aliphatic rings. The summed E-state index contributed by atoms with van der Waals surface area (Å²) >= 11 is 0. The second-order valence-corrected chi connectivity index (χ2v) is 4.98. The number of benzene rings is 1. The lowest BCUT2D eigenvalue weighted by Crippen LogP contribution is -2.41. The van der Waals surface area contributed by atoms with Crippen molar-refractivity contribution in [2.24, 2.45) is 5.92 Å². The summed E-state index contributed by atoms with van der Waals surface area (Å²) in [4.78, 5) is 11.9. The van der Waals surface area contributed by atoms with E-state index < -0.39 is 0 Å². The number of hydrogen-bond donors (Lipinski definition) is 3. The highest BCUT2D eigenvalue weighted by molar-refractivity contribution is 5.81. The molecule has 20 heavy (non-hydrogen) atoms. The number of methoxy groups -OCH3 is 1. The maximum Gasteiger partial charge on any atom is 0.239 e. The Morgan fingerprint density at radius 1 is 1.35 bits per heavy atom. The third-order valence-corrected chi connectivity index (χ3v) is 3.14. The number of rotatable bonds is 8. The lowest BCUT2D eigenvalue weighted by Gasteiger charge is -2.21. The molecule has 0 radical (unpaired) electrons. The third-order valence-electron chi connectivity index (χ3n) is 3.14. The smallest absolute Gasteiger partial charge is 0.239 e. The van der Waals surface area contributed by atoms with E-state index in [1.807, 2.05) is 38.1 Å². The van der Waals surface area contributed by atoms with Crippen molar-refractivity contribution in [1.82, 2.24) is 5.32 Å². The zero-order valence-corrected chi connectivity index (χ0v) is 12.3. The van der Waals surface area contributed by atoms with Crippen molar-refractivity contribution in [1.29, 1.82) is 0 Å². The van der Waals surface area contributed by atoms with E-state index in [2.05, 4.69) is 10.6 Å². The molecule has 0 bridgehead atoms. The Hall–Kier alpha value is -1.75. The van der Waals surface area contributed by atoms with E-state index in [-0.39, 0.29) is 31.0 Å². The summed E-state index contributed by atoms with van der Waals surface area (Å²) in [6.07, 6.45) is 0.568. The third kappa shape index (κ3) is 5.09. The number of nitrogens with one attached hydrogen (secondary N) is 2. The van der Waals surface area contributed by atoms with Gasteiger partial charge in [-0.3, -0.25) is 4.79 Å². The van der Waals surface area contributed by atoms with Gasteiger partial charge < -0.3 is 20.5 Å². The Balaban J connectivity index is 2.50. The maximum atomic E-state index is 11.9. The monoisotopic (exact) mass is 280 g/mol. The van der Waals surface area contributed by atoms with E-state index in [4.69, 9.17) is 9.84 Å². The van der Waals surface area contributed by atoms with Crippen molar-refractivity contribution in [3.63, 3.8) is 0 Å². The number of ether oxygens (including phenoxy) is 1. The average Bonchev–Trinajstić information content (AvgIpc) is 2.44. The van der Waals surface area contributed by atoms with Gasteiger partial charge in [0.1, 0.15) is 5.75 Å². The molecule has 112 valence electrons. The van der Waals surface area contributed by atoms with Crippen LogP contribution >= 0.6 is 0 Å². The number of para-hydroxylation sites is 2. The van der Waals surface area contributed by atoms with E-state index in [1.165, 1.54) is 0 Å². The fourth-order valence-electron chi connectivity index (χ4n) is 1.94. The van der Waals surface area contributed by atoms with Crippen LogP contribution in [0.5, 0.6) is 5.75 Å². The Kier molecular flexibility index (Phi) is 6.87. The zero-order valence-electron chi connectivity index (χ0n) is 12.3. The Labute approximate surface area is 120 Å². The lowest BCUT2D eigenvalue weighted by molar-refractivity contribution is -0.120. The van der Waals surface area contributed by atoms with Gasteiger partial charge in [-0.05, 0) is 24.5 Å². The van der Waals surface area contributed by atoms with Gasteiger partial charge in [0.05, 0.1) is 19.3 Å². The zero-order chi connectivity index (χ0) is 15.0. The van der Waals surface area contributed by atoms with E-state index in [0.29, 0.717) is 12.2 Å². The van der Waals surface area contributed by atoms with Crippen molar-refractivity contribution >= 4 is 11.6 Å². The molecule has 5 heteroatoms. The molecule has 3 N–H and O–H groups in total. The molecule has 0 aliphatic heterocycles. The van der Waals surface area contributed by atoms with Crippen molar-refractivity contribution in [3.05, 3.63) is 24.3 Å². The molecule has 0 spiro atoms. The fraction of sp³-hybridized carbons (Fsp3) is 0.533. The van der Waals surface area contributed by atoms with E-state index >= 15 is 0 Å². The first-order valence-corrected chi connectivity index (χ1v) is 6.85. The summed E-state index contributed by atoms with van der Waals surface area (Å²) in [5, 5.41) is 15.0. The predicted octanol–water partition coefficient (Wildman–Crippen LogP) is 1.63. The van der Waals surface area contributed by atoms with Crippen molar-refractivity contribution in [2.45, 2.75) is 26.3 Å². The van der Waals surface area contributed by atoms with Gasteiger partial charge in [0.2, 0.25) is 5.91 Å². The second kappa shape index (κ2) is 8.43. The first-order chi connectivity index (χ1) is 9.58. The standard InChI is InChI=1S/C15H24N2O3/c1-11(2)12(8-9-18)17-15(19)10-16-13-6-4-5-7-14(13)20-3/h4-7,11-12,16,18H,8-10H2,1-3H3,(H,17,19). The number of aliphatic hydroxyl groups is 1.